The maximum Gasteiger partial charge on any atom is 0.254 e. The summed E-state index contributed by atoms with van der Waals surface area (Å²) in [6.45, 7) is 8.40. The van der Waals surface area contributed by atoms with Gasteiger partial charge < -0.3 is 9.84 Å². The highest BCUT2D eigenvalue weighted by Crippen LogP contribution is 2.24. The molecule has 26 heavy (non-hydrogen) atoms. The van der Waals surface area contributed by atoms with Crippen LogP contribution < -0.4 is 5.32 Å². The Morgan fingerprint density at radius 3 is 2.69 bits per heavy atom. The summed E-state index contributed by atoms with van der Waals surface area (Å²) < 4.78 is 5.52. The number of nitrogens with one attached hydrogen (secondary N) is 1. The first-order valence-corrected chi connectivity index (χ1v) is 9.36. The minimum atomic E-state index is 0.594. The van der Waals surface area contributed by atoms with Crippen LogP contribution in [0.2, 0.25) is 0 Å². The van der Waals surface area contributed by atoms with Gasteiger partial charge in [0.05, 0.1) is 0 Å². The Hall–Kier alpha value is -2.46. The van der Waals surface area contributed by atoms with Crippen molar-refractivity contribution in [2.24, 2.45) is 5.92 Å². The molecule has 136 valence electrons. The van der Waals surface area contributed by atoms with Crippen molar-refractivity contribution in [3.63, 3.8) is 0 Å². The molecule has 0 bridgehead atoms. The van der Waals surface area contributed by atoms with Crippen LogP contribution in [0.5, 0.6) is 0 Å². The molecule has 1 aliphatic carbocycles. The first-order chi connectivity index (χ1) is 12.7. The quantitative estimate of drug-likeness (QED) is 0.779. The van der Waals surface area contributed by atoms with Gasteiger partial charge in [-0.2, -0.15) is 4.98 Å². The van der Waals surface area contributed by atoms with E-state index in [0.717, 1.165) is 37.1 Å². The molecular weight excluding hydrogens is 322 g/mol. The van der Waals surface area contributed by atoms with Gasteiger partial charge in [-0.25, -0.2) is 0 Å². The van der Waals surface area contributed by atoms with Crippen molar-refractivity contribution in [2.45, 2.75) is 33.6 Å². The Morgan fingerprint density at radius 2 is 1.96 bits per heavy atom. The van der Waals surface area contributed by atoms with Crippen LogP contribution in [0.25, 0.3) is 17.0 Å². The number of hydrogen-bond acceptors (Lipinski definition) is 4. The van der Waals surface area contributed by atoms with Gasteiger partial charge in [0.2, 0.25) is 5.82 Å². The minimum absolute atomic E-state index is 0.594. The molecule has 1 aromatic carbocycles. The minimum Gasteiger partial charge on any atom is -0.334 e. The Balaban J connectivity index is 1.74. The number of likely N-dealkylation sites (N-methyl/N-ethyl adjacent to an activating group) is 1. The van der Waals surface area contributed by atoms with Crippen molar-refractivity contribution >= 4 is 5.57 Å². The molecule has 0 spiro atoms. The fourth-order valence-corrected chi connectivity index (χ4v) is 2.95. The van der Waals surface area contributed by atoms with E-state index in [1.807, 2.05) is 0 Å². The Kier molecular flexibility index (Phi) is 6.18. The van der Waals surface area contributed by atoms with Gasteiger partial charge in [-0.05, 0) is 36.4 Å². The molecule has 4 heteroatoms. The zero-order valence-corrected chi connectivity index (χ0v) is 15.8. The standard InChI is InChI=1S/C22H27N3O/c1-4-23-15-18-6-5-7-20(13-10-18)22-24-21(25-26-22)19-11-8-17(9-12-19)14-16(2)3/h5-6,8-13,16,23H,4,7,14-15H2,1-3H3. The van der Waals surface area contributed by atoms with Gasteiger partial charge in [0.1, 0.15) is 0 Å². The molecule has 0 unspecified atom stereocenters. The molecule has 1 heterocycles. The van der Waals surface area contributed by atoms with Crippen LogP contribution in [0.3, 0.4) is 0 Å². The van der Waals surface area contributed by atoms with Crippen molar-refractivity contribution in [2.75, 3.05) is 13.1 Å². The summed E-state index contributed by atoms with van der Waals surface area (Å²) in [4.78, 5) is 4.60. The normalized spacial score (nSPS) is 14.3. The van der Waals surface area contributed by atoms with Crippen LogP contribution >= 0.6 is 0 Å². The SMILES string of the molecule is CCNCC1=CC=C(c2nc(-c3ccc(CC(C)C)cc3)no2)CC=C1. The molecular formula is C22H27N3O. The van der Waals surface area contributed by atoms with Gasteiger partial charge in [0, 0.05) is 17.7 Å². The summed E-state index contributed by atoms with van der Waals surface area (Å²) >= 11 is 0. The second kappa shape index (κ2) is 8.77. The lowest BCUT2D eigenvalue weighted by Crippen LogP contribution is -2.15. The zero-order chi connectivity index (χ0) is 18.4. The van der Waals surface area contributed by atoms with E-state index >= 15 is 0 Å². The van der Waals surface area contributed by atoms with Crippen molar-refractivity contribution in [3.8, 4) is 11.4 Å². The first-order valence-electron chi connectivity index (χ1n) is 9.36. The Morgan fingerprint density at radius 1 is 1.15 bits per heavy atom. The maximum absolute atomic E-state index is 5.52. The predicted molar refractivity (Wildman–Crippen MR) is 107 cm³/mol. The van der Waals surface area contributed by atoms with Crippen LogP contribution in [-0.4, -0.2) is 23.2 Å². The summed E-state index contributed by atoms with van der Waals surface area (Å²) in [5.74, 6) is 1.89. The van der Waals surface area contributed by atoms with Gasteiger partial charge in [-0.3, -0.25) is 0 Å². The number of hydrogen-bond donors (Lipinski definition) is 1. The summed E-state index contributed by atoms with van der Waals surface area (Å²) in [5.41, 5.74) is 4.62. The van der Waals surface area contributed by atoms with E-state index in [1.165, 1.54) is 11.1 Å². The summed E-state index contributed by atoms with van der Waals surface area (Å²) in [7, 11) is 0. The van der Waals surface area contributed by atoms with E-state index in [2.05, 4.69) is 84.8 Å². The average molecular weight is 349 g/mol. The average Bonchev–Trinajstić information content (AvgIpc) is 3.00. The first kappa shape index (κ1) is 18.3. The lowest BCUT2D eigenvalue weighted by molar-refractivity contribution is 0.407. The molecule has 0 saturated carbocycles. The lowest BCUT2D eigenvalue weighted by atomic mass is 10.0. The largest absolute Gasteiger partial charge is 0.334 e. The maximum atomic E-state index is 5.52. The van der Waals surface area contributed by atoms with E-state index < -0.39 is 0 Å². The van der Waals surface area contributed by atoms with E-state index in [0.29, 0.717) is 17.6 Å². The fraction of sp³-hybridized carbons (Fsp3) is 0.364. The summed E-state index contributed by atoms with van der Waals surface area (Å²) in [5, 5.41) is 7.51. The fourth-order valence-electron chi connectivity index (χ4n) is 2.95. The summed E-state index contributed by atoms with van der Waals surface area (Å²) in [6.07, 6.45) is 10.4. The molecule has 1 aliphatic rings. The zero-order valence-electron chi connectivity index (χ0n) is 15.8. The van der Waals surface area contributed by atoms with E-state index in [9.17, 15) is 0 Å². The Labute approximate surface area is 155 Å². The van der Waals surface area contributed by atoms with Crippen molar-refractivity contribution < 1.29 is 4.52 Å². The number of allylic oxidation sites excluding steroid dienone is 4. The molecule has 0 atom stereocenters. The molecule has 0 fully saturated rings. The number of rotatable bonds is 7. The van der Waals surface area contributed by atoms with Gasteiger partial charge in [0.15, 0.2) is 0 Å². The van der Waals surface area contributed by atoms with Crippen LogP contribution in [0, 0.1) is 5.92 Å². The lowest BCUT2D eigenvalue weighted by Gasteiger charge is -2.04. The third kappa shape index (κ3) is 4.79. The molecule has 0 aliphatic heterocycles. The number of nitrogens with zero attached hydrogens (tertiary/aromatic N) is 2. The topological polar surface area (TPSA) is 51.0 Å². The second-order valence-corrected chi connectivity index (χ2v) is 7.04. The van der Waals surface area contributed by atoms with Crippen LogP contribution in [0.1, 0.15) is 38.6 Å². The van der Waals surface area contributed by atoms with E-state index in [4.69, 9.17) is 4.52 Å². The molecule has 3 rings (SSSR count). The van der Waals surface area contributed by atoms with Crippen LogP contribution in [-0.2, 0) is 6.42 Å². The van der Waals surface area contributed by atoms with Gasteiger partial charge in [-0.1, -0.05) is 74.5 Å². The van der Waals surface area contributed by atoms with Crippen molar-refractivity contribution in [1.82, 2.24) is 15.5 Å². The molecule has 1 N–H and O–H groups in total. The molecule has 0 radical (unpaired) electrons. The molecule has 0 amide bonds. The highest BCUT2D eigenvalue weighted by atomic mass is 16.5. The molecule has 1 aromatic heterocycles. The van der Waals surface area contributed by atoms with Crippen LogP contribution in [0.4, 0.5) is 0 Å². The van der Waals surface area contributed by atoms with Gasteiger partial charge >= 0.3 is 0 Å². The number of aromatic nitrogens is 2. The molecule has 2 aromatic rings. The van der Waals surface area contributed by atoms with Crippen LogP contribution in [0.15, 0.2) is 58.7 Å². The van der Waals surface area contributed by atoms with Crippen molar-refractivity contribution in [1.29, 1.82) is 0 Å². The Bertz CT molecular complexity index is 810. The van der Waals surface area contributed by atoms with Crippen molar-refractivity contribution in [3.05, 3.63) is 65.6 Å². The third-order valence-corrected chi connectivity index (χ3v) is 4.30. The number of benzene rings is 1. The summed E-state index contributed by atoms with van der Waals surface area (Å²) in [6, 6.07) is 8.44. The van der Waals surface area contributed by atoms with E-state index in [-0.39, 0.29) is 0 Å². The highest BCUT2D eigenvalue weighted by Gasteiger charge is 2.13. The predicted octanol–water partition coefficient (Wildman–Crippen LogP) is 4.81. The van der Waals surface area contributed by atoms with E-state index in [1.54, 1.807) is 0 Å². The molecule has 0 saturated heterocycles. The monoisotopic (exact) mass is 349 g/mol. The third-order valence-electron chi connectivity index (χ3n) is 4.30. The molecule has 4 nitrogen and oxygen atoms in total. The van der Waals surface area contributed by atoms with Gasteiger partial charge in [0.25, 0.3) is 5.89 Å². The van der Waals surface area contributed by atoms with Gasteiger partial charge in [-0.15, -0.1) is 0 Å². The second-order valence-electron chi connectivity index (χ2n) is 7.04. The smallest absolute Gasteiger partial charge is 0.254 e. The highest BCUT2D eigenvalue weighted by molar-refractivity contribution is 5.65.